The predicted molar refractivity (Wildman–Crippen MR) is 41.0 cm³/mol. The number of ether oxygens (including phenoxy) is 2. The second-order valence-corrected chi connectivity index (χ2v) is 1.81. The van der Waals surface area contributed by atoms with E-state index >= 15 is 0 Å². The average Bonchev–Trinajstić information content (AvgIpc) is 2.39. The lowest BCUT2D eigenvalue weighted by molar-refractivity contribution is 0.0796. The number of allylic oxidation sites excluding steroid dienone is 2. The summed E-state index contributed by atoms with van der Waals surface area (Å²) in [6, 6.07) is 0. The Balaban J connectivity index is 2.89. The smallest absolute Gasteiger partial charge is 0.233 e. The molecule has 2 heteroatoms. The Kier molecular flexibility index (Phi) is 2.47. The molecule has 11 heavy (non-hydrogen) atoms. The molecule has 1 rings (SSSR count). The van der Waals surface area contributed by atoms with Crippen molar-refractivity contribution in [2.24, 2.45) is 0 Å². The molecule has 2 nitrogen and oxygen atoms in total. The van der Waals surface area contributed by atoms with Crippen LogP contribution in [0, 0.1) is 23.7 Å². The summed E-state index contributed by atoms with van der Waals surface area (Å²) in [4.78, 5) is 0. The van der Waals surface area contributed by atoms with E-state index in [1.807, 2.05) is 0 Å². The lowest BCUT2D eigenvalue weighted by Gasteiger charge is -1.86. The lowest BCUT2D eigenvalue weighted by atomic mass is 10.4. The normalized spacial score (nSPS) is 13.6. The van der Waals surface area contributed by atoms with Crippen LogP contribution in [0.5, 0.6) is 0 Å². The molecule has 1 heterocycles. The topological polar surface area (TPSA) is 18.5 Å². The van der Waals surface area contributed by atoms with Crippen molar-refractivity contribution in [2.45, 2.75) is 13.8 Å². The van der Waals surface area contributed by atoms with Crippen LogP contribution in [0.4, 0.5) is 0 Å². The maximum atomic E-state index is 5.04. The summed E-state index contributed by atoms with van der Waals surface area (Å²) in [6.45, 7) is 3.71. The second-order valence-electron chi connectivity index (χ2n) is 1.81. The maximum Gasteiger partial charge on any atom is 0.233 e. The highest BCUT2D eigenvalue weighted by Crippen LogP contribution is 2.13. The first kappa shape index (κ1) is 7.57. The molecular weight excluding hydrogens is 140 g/mol. The van der Waals surface area contributed by atoms with Crippen LogP contribution in [0.2, 0.25) is 0 Å². The highest BCUT2D eigenvalue weighted by molar-refractivity contribution is 5.36. The van der Waals surface area contributed by atoms with Crippen LogP contribution in [-0.4, -0.2) is 6.79 Å². The Morgan fingerprint density at radius 2 is 1.45 bits per heavy atom. The van der Waals surface area contributed by atoms with E-state index in [2.05, 4.69) is 23.7 Å². The van der Waals surface area contributed by atoms with Crippen LogP contribution in [0.1, 0.15) is 13.8 Å². The molecule has 0 aromatic carbocycles. The van der Waals surface area contributed by atoms with Crippen LogP contribution in [0.3, 0.4) is 0 Å². The molecule has 0 aromatic heterocycles. The third-order valence-electron chi connectivity index (χ3n) is 1.09. The fourth-order valence-electron chi connectivity index (χ4n) is 0.691. The highest BCUT2D eigenvalue weighted by Gasteiger charge is 2.12. The molecule has 0 unspecified atom stereocenters. The zero-order valence-electron chi connectivity index (χ0n) is 6.52. The lowest BCUT2D eigenvalue weighted by Crippen LogP contribution is -1.81. The molecule has 1 aliphatic rings. The van der Waals surface area contributed by atoms with Gasteiger partial charge in [0, 0.05) is 0 Å². The first-order valence-corrected chi connectivity index (χ1v) is 3.24. The Hall–Kier alpha value is -1.54. The standard InChI is InChI=1S/C9H8O2/c1-3-5-8-9(6-4-2)11-7-10-8/h7H2,1-2H3. The minimum absolute atomic E-state index is 0.230. The van der Waals surface area contributed by atoms with Crippen molar-refractivity contribution in [1.82, 2.24) is 0 Å². The Labute approximate surface area is 66.2 Å². The second kappa shape index (κ2) is 3.58. The van der Waals surface area contributed by atoms with Crippen molar-refractivity contribution < 1.29 is 9.47 Å². The molecule has 0 bridgehead atoms. The molecule has 0 saturated heterocycles. The third kappa shape index (κ3) is 1.69. The minimum Gasteiger partial charge on any atom is -0.445 e. The van der Waals surface area contributed by atoms with E-state index in [-0.39, 0.29) is 6.79 Å². The molecule has 0 atom stereocenters. The average molecular weight is 148 g/mol. The zero-order valence-corrected chi connectivity index (χ0v) is 6.52. The molecular formula is C9H8O2. The van der Waals surface area contributed by atoms with Gasteiger partial charge in [-0.3, -0.25) is 0 Å². The van der Waals surface area contributed by atoms with Crippen molar-refractivity contribution in [3.8, 4) is 23.7 Å². The summed E-state index contributed by atoms with van der Waals surface area (Å²) < 4.78 is 10.1. The minimum atomic E-state index is 0.230. The van der Waals surface area contributed by atoms with Gasteiger partial charge < -0.3 is 9.47 Å². The monoisotopic (exact) mass is 148 g/mol. The molecule has 0 N–H and O–H groups in total. The largest absolute Gasteiger partial charge is 0.445 e. The van der Waals surface area contributed by atoms with Crippen LogP contribution in [0.15, 0.2) is 11.5 Å². The van der Waals surface area contributed by atoms with E-state index < -0.39 is 0 Å². The van der Waals surface area contributed by atoms with Crippen LogP contribution >= 0.6 is 0 Å². The van der Waals surface area contributed by atoms with Gasteiger partial charge in [0.05, 0.1) is 0 Å². The van der Waals surface area contributed by atoms with Crippen molar-refractivity contribution in [3.63, 3.8) is 0 Å². The molecule has 0 fully saturated rings. The van der Waals surface area contributed by atoms with Gasteiger partial charge >= 0.3 is 0 Å². The Morgan fingerprint density at radius 3 is 1.82 bits per heavy atom. The fraction of sp³-hybridized carbons (Fsp3) is 0.333. The summed E-state index contributed by atoms with van der Waals surface area (Å²) in [5.41, 5.74) is 0. The van der Waals surface area contributed by atoms with Gasteiger partial charge in [0.25, 0.3) is 0 Å². The fourth-order valence-corrected chi connectivity index (χ4v) is 0.691. The van der Waals surface area contributed by atoms with Crippen LogP contribution < -0.4 is 0 Å². The van der Waals surface area contributed by atoms with Crippen molar-refractivity contribution in [3.05, 3.63) is 11.5 Å². The molecule has 0 aromatic rings. The zero-order chi connectivity index (χ0) is 8.10. The number of rotatable bonds is 0. The van der Waals surface area contributed by atoms with Gasteiger partial charge in [0.15, 0.2) is 0 Å². The summed E-state index contributed by atoms with van der Waals surface area (Å²) >= 11 is 0. The van der Waals surface area contributed by atoms with Gasteiger partial charge in [0.1, 0.15) is 0 Å². The molecule has 0 aliphatic carbocycles. The Morgan fingerprint density at radius 1 is 1.00 bits per heavy atom. The summed E-state index contributed by atoms with van der Waals surface area (Å²) in [6.07, 6.45) is 0. The van der Waals surface area contributed by atoms with E-state index in [0.29, 0.717) is 11.5 Å². The summed E-state index contributed by atoms with van der Waals surface area (Å²) in [7, 11) is 0. The van der Waals surface area contributed by atoms with E-state index in [9.17, 15) is 0 Å². The van der Waals surface area contributed by atoms with E-state index in [1.165, 1.54) is 0 Å². The molecule has 0 amide bonds. The number of hydrogen-bond donors (Lipinski definition) is 0. The van der Waals surface area contributed by atoms with E-state index in [4.69, 9.17) is 9.47 Å². The molecule has 56 valence electrons. The van der Waals surface area contributed by atoms with E-state index in [1.54, 1.807) is 13.8 Å². The predicted octanol–water partition coefficient (Wildman–Crippen LogP) is 1.25. The van der Waals surface area contributed by atoms with Gasteiger partial charge in [-0.15, -0.1) is 0 Å². The molecule has 0 spiro atoms. The van der Waals surface area contributed by atoms with Gasteiger partial charge in [-0.25, -0.2) is 0 Å². The Bertz CT molecular complexity index is 261. The van der Waals surface area contributed by atoms with Gasteiger partial charge in [-0.2, -0.15) is 0 Å². The first-order valence-electron chi connectivity index (χ1n) is 3.24. The third-order valence-corrected chi connectivity index (χ3v) is 1.09. The van der Waals surface area contributed by atoms with Gasteiger partial charge in [0.2, 0.25) is 18.3 Å². The maximum absolute atomic E-state index is 5.04. The van der Waals surface area contributed by atoms with E-state index in [0.717, 1.165) is 0 Å². The molecule has 0 saturated carbocycles. The molecule has 1 aliphatic heterocycles. The molecule has 0 radical (unpaired) electrons. The summed E-state index contributed by atoms with van der Waals surface area (Å²) in [5.74, 6) is 12.0. The van der Waals surface area contributed by atoms with Crippen molar-refractivity contribution >= 4 is 0 Å². The first-order chi connectivity index (χ1) is 5.38. The number of hydrogen-bond acceptors (Lipinski definition) is 2. The van der Waals surface area contributed by atoms with Crippen LogP contribution in [-0.2, 0) is 9.47 Å². The van der Waals surface area contributed by atoms with Gasteiger partial charge in [-0.05, 0) is 25.7 Å². The van der Waals surface area contributed by atoms with Crippen LogP contribution in [0.25, 0.3) is 0 Å². The quantitative estimate of drug-likeness (QED) is 0.481. The van der Waals surface area contributed by atoms with Crippen molar-refractivity contribution in [1.29, 1.82) is 0 Å². The van der Waals surface area contributed by atoms with Gasteiger partial charge in [-0.1, -0.05) is 11.8 Å². The summed E-state index contributed by atoms with van der Waals surface area (Å²) in [5, 5.41) is 0. The SMILES string of the molecule is CC#CC1=C(C#CC)OCO1. The highest BCUT2D eigenvalue weighted by atomic mass is 16.7. The van der Waals surface area contributed by atoms with Crippen molar-refractivity contribution in [2.75, 3.05) is 6.79 Å².